The maximum absolute atomic E-state index is 5.88. The van der Waals surface area contributed by atoms with Gasteiger partial charge in [-0.05, 0) is 65.6 Å². The van der Waals surface area contributed by atoms with Crippen molar-refractivity contribution in [2.45, 2.75) is 46.6 Å². The lowest BCUT2D eigenvalue weighted by molar-refractivity contribution is 0.0976. The largest absolute Gasteiger partial charge is 0.374 e. The van der Waals surface area contributed by atoms with Crippen LogP contribution in [0.15, 0.2) is 39.5 Å². The van der Waals surface area contributed by atoms with E-state index in [0.717, 1.165) is 17.4 Å². The molecule has 0 aliphatic heterocycles. The molecular formula is C19H31BrN2O. The van der Waals surface area contributed by atoms with Gasteiger partial charge < -0.3 is 4.74 Å². The van der Waals surface area contributed by atoms with Gasteiger partial charge in [-0.15, -0.1) is 0 Å². The number of hydrogen-bond donors (Lipinski definition) is 0. The van der Waals surface area contributed by atoms with Gasteiger partial charge in [-0.3, -0.25) is 5.01 Å². The van der Waals surface area contributed by atoms with Crippen molar-refractivity contribution in [3.63, 3.8) is 0 Å². The van der Waals surface area contributed by atoms with Gasteiger partial charge in [0.25, 0.3) is 0 Å². The summed E-state index contributed by atoms with van der Waals surface area (Å²) in [5.74, 6) is 1.24. The molecule has 4 heteroatoms. The number of hydrogen-bond acceptors (Lipinski definition) is 3. The van der Waals surface area contributed by atoms with Crippen LogP contribution in [0, 0.1) is 11.8 Å². The highest BCUT2D eigenvalue weighted by molar-refractivity contribution is 9.12. The van der Waals surface area contributed by atoms with Crippen LogP contribution in [-0.4, -0.2) is 37.5 Å². The minimum Gasteiger partial charge on any atom is -0.374 e. The van der Waals surface area contributed by atoms with Gasteiger partial charge in [-0.1, -0.05) is 32.6 Å². The minimum atomic E-state index is 0.240. The topological polar surface area (TPSA) is 24.8 Å². The molecule has 2 unspecified atom stereocenters. The lowest BCUT2D eigenvalue weighted by Crippen LogP contribution is -2.23. The molecule has 3 nitrogen and oxygen atoms in total. The fourth-order valence-electron chi connectivity index (χ4n) is 2.81. The van der Waals surface area contributed by atoms with Crippen molar-refractivity contribution in [1.29, 1.82) is 0 Å². The Bertz CT molecular complexity index is 480. The van der Waals surface area contributed by atoms with Crippen LogP contribution in [0.25, 0.3) is 0 Å². The fourth-order valence-corrected chi connectivity index (χ4v) is 2.90. The normalized spacial score (nSPS) is 27.1. The van der Waals surface area contributed by atoms with Crippen LogP contribution < -0.4 is 0 Å². The van der Waals surface area contributed by atoms with Crippen LogP contribution in [0.4, 0.5) is 0 Å². The van der Waals surface area contributed by atoms with Crippen molar-refractivity contribution in [3.05, 3.63) is 34.4 Å². The summed E-state index contributed by atoms with van der Waals surface area (Å²) >= 11 is 3.31. The smallest absolute Gasteiger partial charge is 0.0720 e. The van der Waals surface area contributed by atoms with Gasteiger partial charge in [0.1, 0.15) is 0 Å². The van der Waals surface area contributed by atoms with E-state index in [2.05, 4.69) is 67.5 Å². The molecule has 0 amide bonds. The first kappa shape index (κ1) is 20.2. The Labute approximate surface area is 150 Å². The average Bonchev–Trinajstić information content (AvgIpc) is 2.44. The third kappa shape index (κ3) is 7.98. The second-order valence-electron chi connectivity index (χ2n) is 6.80. The zero-order valence-electron chi connectivity index (χ0n) is 15.2. The lowest BCUT2D eigenvalue weighted by Gasteiger charge is -2.27. The van der Waals surface area contributed by atoms with Crippen molar-refractivity contribution >= 4 is 22.1 Å². The van der Waals surface area contributed by atoms with E-state index >= 15 is 0 Å². The first-order valence-electron chi connectivity index (χ1n) is 8.39. The van der Waals surface area contributed by atoms with E-state index in [1.54, 1.807) is 6.21 Å². The van der Waals surface area contributed by atoms with E-state index in [1.807, 2.05) is 12.1 Å². The predicted octanol–water partition coefficient (Wildman–Crippen LogP) is 5.16. The molecule has 0 aromatic heterocycles. The molecule has 1 aliphatic carbocycles. The summed E-state index contributed by atoms with van der Waals surface area (Å²) in [6, 6.07) is 0. The molecule has 0 radical (unpaired) electrons. The monoisotopic (exact) mass is 382 g/mol. The van der Waals surface area contributed by atoms with Crippen LogP contribution in [0.3, 0.4) is 0 Å². The quantitative estimate of drug-likeness (QED) is 0.448. The zero-order chi connectivity index (χ0) is 17.4. The molecular weight excluding hydrogens is 352 g/mol. The number of halogens is 1. The van der Waals surface area contributed by atoms with E-state index in [4.69, 9.17) is 4.74 Å². The average molecular weight is 383 g/mol. The third-order valence-corrected chi connectivity index (χ3v) is 4.19. The summed E-state index contributed by atoms with van der Waals surface area (Å²) in [4.78, 5) is 0. The zero-order valence-corrected chi connectivity index (χ0v) is 16.8. The van der Waals surface area contributed by atoms with Crippen molar-refractivity contribution in [2.24, 2.45) is 16.9 Å². The lowest BCUT2D eigenvalue weighted by atomic mass is 9.84. The summed E-state index contributed by atoms with van der Waals surface area (Å²) in [7, 11) is 2.00. The number of allylic oxidation sites excluding steroid dienone is 2. The summed E-state index contributed by atoms with van der Waals surface area (Å²) in [6.07, 6.45) is 8.86. The molecule has 0 N–H and O–H groups in total. The van der Waals surface area contributed by atoms with Gasteiger partial charge in [0, 0.05) is 11.5 Å². The Morgan fingerprint density at radius 2 is 2.22 bits per heavy atom. The first-order chi connectivity index (χ1) is 10.8. The highest BCUT2D eigenvalue weighted by atomic mass is 79.9. The van der Waals surface area contributed by atoms with Crippen LogP contribution in [-0.2, 0) is 4.74 Å². The highest BCUT2D eigenvalue weighted by Crippen LogP contribution is 2.28. The predicted molar refractivity (Wildman–Crippen MR) is 104 cm³/mol. The molecule has 130 valence electrons. The Morgan fingerprint density at radius 1 is 1.52 bits per heavy atom. The Kier molecular flexibility index (Phi) is 8.85. The van der Waals surface area contributed by atoms with Crippen LogP contribution in [0.2, 0.25) is 0 Å². The molecule has 0 saturated heterocycles. The summed E-state index contributed by atoms with van der Waals surface area (Å²) in [5, 5.41) is 6.38. The molecule has 0 spiro atoms. The maximum Gasteiger partial charge on any atom is 0.0720 e. The third-order valence-electron chi connectivity index (χ3n) is 3.99. The number of nitrogens with zero attached hydrogens (tertiary/aromatic N) is 2. The van der Waals surface area contributed by atoms with Crippen molar-refractivity contribution in [2.75, 3.05) is 20.2 Å². The molecule has 1 aliphatic rings. The SMILES string of the molecule is C=C(Br)/C=N\N(C)C/C1=C(COC(C)C)/C=C\CC(C)CC1C. The number of ether oxygens (including phenoxy) is 1. The molecule has 0 heterocycles. The van der Waals surface area contributed by atoms with Crippen LogP contribution in [0.5, 0.6) is 0 Å². The van der Waals surface area contributed by atoms with E-state index < -0.39 is 0 Å². The summed E-state index contributed by atoms with van der Waals surface area (Å²) < 4.78 is 6.65. The van der Waals surface area contributed by atoms with E-state index in [1.165, 1.54) is 17.6 Å². The highest BCUT2D eigenvalue weighted by Gasteiger charge is 2.19. The fraction of sp³-hybridized carbons (Fsp3) is 0.632. The van der Waals surface area contributed by atoms with Crippen LogP contribution in [0.1, 0.15) is 40.5 Å². The Hall–Kier alpha value is -0.870. The standard InChI is InChI=1S/C19H31BrN2O/c1-14(2)23-13-18-9-7-8-15(3)10-16(4)19(18)12-22(6)21-11-17(5)20/h7,9,11,14-16H,5,8,10,12-13H2,1-4,6H3/b9-7-,19-18+,21-11-. The molecule has 0 bridgehead atoms. The summed E-state index contributed by atoms with van der Waals surface area (Å²) in [5.41, 5.74) is 2.73. The Balaban J connectivity index is 2.99. The van der Waals surface area contributed by atoms with Gasteiger partial charge >= 0.3 is 0 Å². The van der Waals surface area contributed by atoms with Gasteiger partial charge in [-0.25, -0.2) is 0 Å². The number of hydrazone groups is 1. The maximum atomic E-state index is 5.88. The number of rotatable bonds is 7. The summed E-state index contributed by atoms with van der Waals surface area (Å²) in [6.45, 7) is 14.1. The van der Waals surface area contributed by atoms with Gasteiger partial charge in [0.2, 0.25) is 0 Å². The van der Waals surface area contributed by atoms with E-state index in [9.17, 15) is 0 Å². The molecule has 0 saturated carbocycles. The molecule has 0 fully saturated rings. The van der Waals surface area contributed by atoms with Crippen molar-refractivity contribution < 1.29 is 4.74 Å². The number of likely N-dealkylation sites (N-methyl/N-ethyl adjacent to an activating group) is 1. The molecule has 23 heavy (non-hydrogen) atoms. The molecule has 2 atom stereocenters. The van der Waals surface area contributed by atoms with Crippen molar-refractivity contribution in [3.8, 4) is 0 Å². The second kappa shape index (κ2) is 10.1. The molecule has 1 rings (SSSR count). The van der Waals surface area contributed by atoms with Gasteiger partial charge in [0.05, 0.1) is 25.5 Å². The Morgan fingerprint density at radius 3 is 2.83 bits per heavy atom. The van der Waals surface area contributed by atoms with Gasteiger partial charge in [-0.2, -0.15) is 5.10 Å². The van der Waals surface area contributed by atoms with Crippen molar-refractivity contribution in [1.82, 2.24) is 5.01 Å². The minimum absolute atomic E-state index is 0.240. The van der Waals surface area contributed by atoms with Gasteiger partial charge in [0.15, 0.2) is 0 Å². The second-order valence-corrected chi connectivity index (χ2v) is 7.82. The van der Waals surface area contributed by atoms with E-state index in [-0.39, 0.29) is 6.10 Å². The van der Waals surface area contributed by atoms with Crippen LogP contribution >= 0.6 is 15.9 Å². The first-order valence-corrected chi connectivity index (χ1v) is 9.18. The molecule has 0 aromatic rings. The van der Waals surface area contributed by atoms with E-state index in [0.29, 0.717) is 18.4 Å². The molecule has 0 aromatic carbocycles.